The zero-order chi connectivity index (χ0) is 16.8. The molecule has 3 aromatic rings. The molecule has 0 radical (unpaired) electrons. The lowest BCUT2D eigenvalue weighted by Gasteiger charge is -2.10. The standard InChI is InChI=1S/C20H20N2O2/c1-2-9-19(23)24-18-14-21-22(15-16-10-5-3-6-11-16)20(18)17-12-7-4-8-13-17/h3-8,10-14H,2,9,15H2,1H3. The average Bonchev–Trinajstić information content (AvgIpc) is 2.99. The van der Waals surface area contributed by atoms with E-state index in [2.05, 4.69) is 17.2 Å². The minimum atomic E-state index is -0.228. The van der Waals surface area contributed by atoms with Gasteiger partial charge in [-0.3, -0.25) is 9.48 Å². The van der Waals surface area contributed by atoms with Crippen molar-refractivity contribution in [1.82, 2.24) is 9.78 Å². The molecule has 0 aliphatic heterocycles. The number of carbonyl (C=O) groups excluding carboxylic acids is 1. The van der Waals surface area contributed by atoms with Crippen molar-refractivity contribution in [2.24, 2.45) is 0 Å². The Morgan fingerprint density at radius 2 is 1.71 bits per heavy atom. The van der Waals surface area contributed by atoms with E-state index in [9.17, 15) is 4.79 Å². The molecule has 0 fully saturated rings. The maximum Gasteiger partial charge on any atom is 0.311 e. The first-order valence-electron chi connectivity index (χ1n) is 8.13. The number of esters is 1. The van der Waals surface area contributed by atoms with Crippen molar-refractivity contribution in [2.75, 3.05) is 0 Å². The number of rotatable bonds is 6. The van der Waals surface area contributed by atoms with Gasteiger partial charge in [-0.15, -0.1) is 0 Å². The lowest BCUT2D eigenvalue weighted by Crippen LogP contribution is -2.08. The van der Waals surface area contributed by atoms with Gasteiger partial charge in [0.05, 0.1) is 12.7 Å². The first-order chi connectivity index (χ1) is 11.8. The highest BCUT2D eigenvalue weighted by Gasteiger charge is 2.17. The fourth-order valence-electron chi connectivity index (χ4n) is 2.58. The highest BCUT2D eigenvalue weighted by atomic mass is 16.5. The molecular weight excluding hydrogens is 300 g/mol. The smallest absolute Gasteiger partial charge is 0.311 e. The van der Waals surface area contributed by atoms with Gasteiger partial charge < -0.3 is 4.74 Å². The normalized spacial score (nSPS) is 10.5. The molecule has 4 nitrogen and oxygen atoms in total. The van der Waals surface area contributed by atoms with E-state index in [0.717, 1.165) is 23.2 Å². The summed E-state index contributed by atoms with van der Waals surface area (Å²) in [5.74, 6) is 0.282. The molecule has 1 heterocycles. The summed E-state index contributed by atoms with van der Waals surface area (Å²) >= 11 is 0. The Morgan fingerprint density at radius 3 is 2.38 bits per heavy atom. The Hall–Kier alpha value is -2.88. The summed E-state index contributed by atoms with van der Waals surface area (Å²) in [6.45, 7) is 2.58. The van der Waals surface area contributed by atoms with Crippen molar-refractivity contribution < 1.29 is 9.53 Å². The third kappa shape index (κ3) is 3.71. The number of hydrogen-bond acceptors (Lipinski definition) is 3. The van der Waals surface area contributed by atoms with Crippen molar-refractivity contribution in [3.63, 3.8) is 0 Å². The van der Waals surface area contributed by atoms with Crippen LogP contribution in [-0.2, 0) is 11.3 Å². The van der Waals surface area contributed by atoms with Crippen LogP contribution in [0.5, 0.6) is 5.75 Å². The third-order valence-electron chi connectivity index (χ3n) is 3.71. The molecule has 0 saturated heterocycles. The molecule has 0 amide bonds. The molecule has 2 aromatic carbocycles. The highest BCUT2D eigenvalue weighted by Crippen LogP contribution is 2.30. The van der Waals surface area contributed by atoms with E-state index in [4.69, 9.17) is 4.74 Å². The van der Waals surface area contributed by atoms with Crippen molar-refractivity contribution >= 4 is 5.97 Å². The van der Waals surface area contributed by atoms with Crippen LogP contribution >= 0.6 is 0 Å². The van der Waals surface area contributed by atoms with Crippen LogP contribution in [-0.4, -0.2) is 15.7 Å². The molecule has 1 aromatic heterocycles. The molecule has 0 N–H and O–H groups in total. The van der Waals surface area contributed by atoms with E-state index < -0.39 is 0 Å². The fraction of sp³-hybridized carbons (Fsp3) is 0.200. The van der Waals surface area contributed by atoms with Crippen LogP contribution in [0.2, 0.25) is 0 Å². The molecule has 3 rings (SSSR count). The van der Waals surface area contributed by atoms with Gasteiger partial charge in [0.25, 0.3) is 0 Å². The van der Waals surface area contributed by atoms with Gasteiger partial charge in [-0.1, -0.05) is 67.6 Å². The number of nitrogens with zero attached hydrogens (tertiary/aromatic N) is 2. The lowest BCUT2D eigenvalue weighted by atomic mass is 10.1. The van der Waals surface area contributed by atoms with Crippen molar-refractivity contribution in [3.05, 3.63) is 72.4 Å². The average molecular weight is 320 g/mol. The first-order valence-corrected chi connectivity index (χ1v) is 8.13. The van der Waals surface area contributed by atoms with E-state index in [1.54, 1.807) is 6.20 Å². The van der Waals surface area contributed by atoms with Crippen molar-refractivity contribution in [1.29, 1.82) is 0 Å². The topological polar surface area (TPSA) is 44.1 Å². The first kappa shape index (κ1) is 16.0. The van der Waals surface area contributed by atoms with E-state index in [1.165, 1.54) is 0 Å². The summed E-state index contributed by atoms with van der Waals surface area (Å²) in [7, 11) is 0. The zero-order valence-electron chi connectivity index (χ0n) is 13.7. The second kappa shape index (κ2) is 7.59. The maximum atomic E-state index is 11.9. The summed E-state index contributed by atoms with van der Waals surface area (Å²) in [4.78, 5) is 11.9. The lowest BCUT2D eigenvalue weighted by molar-refractivity contribution is -0.134. The second-order valence-corrected chi connectivity index (χ2v) is 5.59. The van der Waals surface area contributed by atoms with E-state index >= 15 is 0 Å². The van der Waals surface area contributed by atoms with E-state index in [0.29, 0.717) is 18.7 Å². The summed E-state index contributed by atoms with van der Waals surface area (Å²) in [5.41, 5.74) is 2.94. The number of hydrogen-bond donors (Lipinski definition) is 0. The minimum absolute atomic E-state index is 0.228. The van der Waals surface area contributed by atoms with Crippen LogP contribution in [0.3, 0.4) is 0 Å². The molecule has 0 atom stereocenters. The fourth-order valence-corrected chi connectivity index (χ4v) is 2.58. The molecule has 0 spiro atoms. The summed E-state index contributed by atoms with van der Waals surface area (Å²) in [5, 5.41) is 4.44. The van der Waals surface area contributed by atoms with Gasteiger partial charge in [0.15, 0.2) is 5.75 Å². The van der Waals surface area contributed by atoms with Crippen LogP contribution < -0.4 is 4.74 Å². The third-order valence-corrected chi connectivity index (χ3v) is 3.71. The van der Waals surface area contributed by atoms with Gasteiger partial charge in [0, 0.05) is 12.0 Å². The predicted molar refractivity (Wildman–Crippen MR) is 93.8 cm³/mol. The Labute approximate surface area is 141 Å². The van der Waals surface area contributed by atoms with E-state index in [-0.39, 0.29) is 5.97 Å². The number of aromatic nitrogens is 2. The summed E-state index contributed by atoms with van der Waals surface area (Å²) < 4.78 is 7.41. The molecule has 0 aliphatic carbocycles. The van der Waals surface area contributed by atoms with Crippen LogP contribution in [0, 0.1) is 0 Å². The quantitative estimate of drug-likeness (QED) is 0.636. The van der Waals surface area contributed by atoms with Gasteiger partial charge in [-0.05, 0) is 12.0 Å². The summed E-state index contributed by atoms with van der Waals surface area (Å²) in [6.07, 6.45) is 2.79. The number of benzene rings is 2. The Morgan fingerprint density at radius 1 is 1.04 bits per heavy atom. The van der Waals surface area contributed by atoms with Crippen LogP contribution in [0.4, 0.5) is 0 Å². The molecule has 0 unspecified atom stereocenters. The predicted octanol–water partition coefficient (Wildman–Crippen LogP) is 4.30. The van der Waals surface area contributed by atoms with Crippen molar-refractivity contribution in [3.8, 4) is 17.0 Å². The largest absolute Gasteiger partial charge is 0.422 e. The van der Waals surface area contributed by atoms with Gasteiger partial charge in [0.2, 0.25) is 0 Å². The van der Waals surface area contributed by atoms with Gasteiger partial charge in [-0.25, -0.2) is 0 Å². The maximum absolute atomic E-state index is 11.9. The van der Waals surface area contributed by atoms with Gasteiger partial charge >= 0.3 is 5.97 Å². The molecule has 0 aliphatic rings. The summed E-state index contributed by atoms with van der Waals surface area (Å²) in [6, 6.07) is 20.0. The Balaban J connectivity index is 1.97. The molecule has 24 heavy (non-hydrogen) atoms. The number of ether oxygens (including phenoxy) is 1. The zero-order valence-corrected chi connectivity index (χ0v) is 13.7. The monoisotopic (exact) mass is 320 g/mol. The highest BCUT2D eigenvalue weighted by molar-refractivity contribution is 5.76. The molecule has 0 saturated carbocycles. The van der Waals surface area contributed by atoms with Crippen LogP contribution in [0.1, 0.15) is 25.3 Å². The van der Waals surface area contributed by atoms with E-state index in [1.807, 2.05) is 60.1 Å². The molecule has 122 valence electrons. The second-order valence-electron chi connectivity index (χ2n) is 5.59. The van der Waals surface area contributed by atoms with Crippen LogP contribution in [0.15, 0.2) is 66.9 Å². The Kier molecular flexibility index (Phi) is 5.06. The van der Waals surface area contributed by atoms with Gasteiger partial charge in [0.1, 0.15) is 5.69 Å². The van der Waals surface area contributed by atoms with Crippen LogP contribution in [0.25, 0.3) is 11.3 Å². The number of carbonyl (C=O) groups is 1. The van der Waals surface area contributed by atoms with Gasteiger partial charge in [-0.2, -0.15) is 5.10 Å². The molecular formula is C20H20N2O2. The van der Waals surface area contributed by atoms with Crippen molar-refractivity contribution in [2.45, 2.75) is 26.3 Å². The molecule has 0 bridgehead atoms. The molecule has 4 heteroatoms. The minimum Gasteiger partial charge on any atom is -0.422 e. The SMILES string of the molecule is CCCC(=O)Oc1cnn(Cc2ccccc2)c1-c1ccccc1. The Bertz CT molecular complexity index is 795.